The van der Waals surface area contributed by atoms with Gasteiger partial charge in [-0.05, 0) is 49.4 Å². The Morgan fingerprint density at radius 1 is 1.02 bits per heavy atom. The lowest BCUT2D eigenvalue weighted by atomic mass is 9.99. The predicted octanol–water partition coefficient (Wildman–Crippen LogP) is 4.13. The quantitative estimate of drug-likeness (QED) is 0.250. The number of aromatic amines is 1. The van der Waals surface area contributed by atoms with Gasteiger partial charge in [-0.1, -0.05) is 54.5 Å². The van der Waals surface area contributed by atoms with Gasteiger partial charge in [-0.25, -0.2) is 0 Å². The molecule has 1 fully saturated rings. The smallest absolute Gasteiger partial charge is 0.272 e. The van der Waals surface area contributed by atoms with E-state index in [-0.39, 0.29) is 23.9 Å². The van der Waals surface area contributed by atoms with Gasteiger partial charge < -0.3 is 14.8 Å². The van der Waals surface area contributed by atoms with Crippen molar-refractivity contribution >= 4 is 11.7 Å². The zero-order valence-electron chi connectivity index (χ0n) is 23.4. The maximum absolute atomic E-state index is 13.7. The van der Waals surface area contributed by atoms with E-state index >= 15 is 0 Å². The summed E-state index contributed by atoms with van der Waals surface area (Å²) in [4.78, 5) is 27.0. The summed E-state index contributed by atoms with van der Waals surface area (Å²) in [5, 5.41) is 21.6. The largest absolute Gasteiger partial charge is 0.496 e. The minimum atomic E-state index is -0.699. The molecule has 2 heterocycles. The molecule has 0 saturated heterocycles. The monoisotopic (exact) mass is 557 g/mol. The van der Waals surface area contributed by atoms with Crippen molar-refractivity contribution in [3.05, 3.63) is 71.7 Å². The Hall–Kier alpha value is -4.54. The molecule has 11 nitrogen and oxygen atoms in total. The molecule has 2 N–H and O–H groups in total. The highest BCUT2D eigenvalue weighted by Gasteiger charge is 2.29. The lowest BCUT2D eigenvalue weighted by Crippen LogP contribution is -2.41. The van der Waals surface area contributed by atoms with E-state index in [9.17, 15) is 9.59 Å². The maximum atomic E-state index is 13.7. The first kappa shape index (κ1) is 28.0. The average molecular weight is 558 g/mol. The molecule has 1 aliphatic carbocycles. The summed E-state index contributed by atoms with van der Waals surface area (Å²) in [6, 6.07) is 16.7. The number of H-pyrrole nitrogens is 1. The topological polar surface area (TPSA) is 137 Å². The molecular weight excluding hydrogens is 522 g/mol. The molecule has 2 aromatic heterocycles. The molecule has 214 valence electrons. The van der Waals surface area contributed by atoms with Gasteiger partial charge in [0.15, 0.2) is 17.3 Å². The Morgan fingerprint density at radius 3 is 2.41 bits per heavy atom. The fourth-order valence-electron chi connectivity index (χ4n) is 5.42. The van der Waals surface area contributed by atoms with Gasteiger partial charge in [0.1, 0.15) is 11.5 Å². The van der Waals surface area contributed by atoms with E-state index in [0.29, 0.717) is 36.6 Å². The number of tetrazole rings is 1. The van der Waals surface area contributed by atoms with Crippen LogP contribution in [-0.4, -0.2) is 62.4 Å². The Morgan fingerprint density at radius 2 is 1.76 bits per heavy atom. The summed E-state index contributed by atoms with van der Waals surface area (Å²) < 4.78 is 13.3. The maximum Gasteiger partial charge on any atom is 0.272 e. The van der Waals surface area contributed by atoms with Gasteiger partial charge in [0.25, 0.3) is 5.91 Å². The highest BCUT2D eigenvalue weighted by Crippen LogP contribution is 2.41. The molecular formula is C30H35N7O4. The SMILES string of the molecule is COc1cccc(OC)c1-c1cc(C(=O)N[C@@H](CCc2ccccc2)C(=O)CCc2nn[nH]n2)nn1C1CCCC1. The molecule has 0 aliphatic heterocycles. The van der Waals surface area contributed by atoms with Crippen molar-refractivity contribution in [3.8, 4) is 22.8 Å². The van der Waals surface area contributed by atoms with E-state index in [0.717, 1.165) is 42.5 Å². The zero-order chi connectivity index (χ0) is 28.6. The molecule has 5 rings (SSSR count). The third-order valence-electron chi connectivity index (χ3n) is 7.57. The number of aromatic nitrogens is 6. The summed E-state index contributed by atoms with van der Waals surface area (Å²) in [5.41, 5.74) is 2.83. The molecule has 1 aliphatic rings. The minimum Gasteiger partial charge on any atom is -0.496 e. The number of carbonyl (C=O) groups excluding carboxylic acids is 2. The lowest BCUT2D eigenvalue weighted by Gasteiger charge is -2.18. The Labute approximate surface area is 238 Å². The highest BCUT2D eigenvalue weighted by atomic mass is 16.5. The molecule has 0 unspecified atom stereocenters. The highest BCUT2D eigenvalue weighted by molar-refractivity contribution is 5.97. The molecule has 1 atom stereocenters. The van der Waals surface area contributed by atoms with Crippen LogP contribution in [0.5, 0.6) is 11.5 Å². The molecule has 11 heteroatoms. The van der Waals surface area contributed by atoms with Crippen LogP contribution in [0.1, 0.15) is 66.4 Å². The molecule has 41 heavy (non-hydrogen) atoms. The predicted molar refractivity (Wildman–Crippen MR) is 152 cm³/mol. The van der Waals surface area contributed by atoms with Crippen LogP contribution >= 0.6 is 0 Å². The Kier molecular flexibility index (Phi) is 9.02. The van der Waals surface area contributed by atoms with Crippen LogP contribution in [-0.2, 0) is 17.6 Å². The van der Waals surface area contributed by atoms with E-state index < -0.39 is 11.9 Å². The number of rotatable bonds is 13. The fourth-order valence-corrected chi connectivity index (χ4v) is 5.42. The fraction of sp³-hybridized carbons (Fsp3) is 0.400. The van der Waals surface area contributed by atoms with Gasteiger partial charge in [0.05, 0.1) is 37.6 Å². The zero-order valence-corrected chi connectivity index (χ0v) is 23.4. The average Bonchev–Trinajstić information content (AvgIpc) is 3.80. The van der Waals surface area contributed by atoms with Gasteiger partial charge >= 0.3 is 0 Å². The molecule has 2 aromatic carbocycles. The number of aryl methyl sites for hydroxylation is 2. The van der Waals surface area contributed by atoms with Crippen molar-refractivity contribution in [3.63, 3.8) is 0 Å². The number of nitrogens with one attached hydrogen (secondary N) is 2. The Bertz CT molecular complexity index is 1420. The van der Waals surface area contributed by atoms with Crippen molar-refractivity contribution in [2.75, 3.05) is 14.2 Å². The van der Waals surface area contributed by atoms with Crippen LogP contribution in [0.3, 0.4) is 0 Å². The van der Waals surface area contributed by atoms with E-state index in [1.165, 1.54) is 0 Å². The van der Waals surface area contributed by atoms with Crippen LogP contribution in [0, 0.1) is 0 Å². The molecule has 0 radical (unpaired) electrons. The number of hydrogen-bond donors (Lipinski definition) is 2. The number of Topliss-reactive ketones (excluding diaryl/α,β-unsaturated/α-hetero) is 1. The van der Waals surface area contributed by atoms with Crippen LogP contribution in [0.25, 0.3) is 11.3 Å². The Balaban J connectivity index is 1.42. The molecule has 1 saturated carbocycles. The number of amides is 1. The van der Waals surface area contributed by atoms with Crippen molar-refractivity contribution in [2.24, 2.45) is 0 Å². The third kappa shape index (κ3) is 6.62. The van der Waals surface area contributed by atoms with Gasteiger partial charge in [-0.3, -0.25) is 14.3 Å². The number of hydrogen-bond acceptors (Lipinski definition) is 8. The number of methoxy groups -OCH3 is 2. The summed E-state index contributed by atoms with van der Waals surface area (Å²) >= 11 is 0. The molecule has 4 aromatic rings. The number of benzene rings is 2. The van der Waals surface area contributed by atoms with Gasteiger partial charge in [0, 0.05) is 12.8 Å². The van der Waals surface area contributed by atoms with Crippen LogP contribution < -0.4 is 14.8 Å². The second-order valence-electron chi connectivity index (χ2n) is 10.2. The first-order valence-electron chi connectivity index (χ1n) is 14.0. The third-order valence-corrected chi connectivity index (χ3v) is 7.57. The summed E-state index contributed by atoms with van der Waals surface area (Å²) in [5.74, 6) is 1.22. The van der Waals surface area contributed by atoms with Crippen molar-refractivity contribution in [2.45, 2.75) is 63.5 Å². The number of nitrogens with zero attached hydrogens (tertiary/aromatic N) is 5. The first-order chi connectivity index (χ1) is 20.1. The van der Waals surface area contributed by atoms with Crippen molar-refractivity contribution in [1.82, 2.24) is 35.7 Å². The number of ketones is 1. The number of carbonyl (C=O) groups is 2. The van der Waals surface area contributed by atoms with E-state index in [1.807, 2.05) is 53.2 Å². The summed E-state index contributed by atoms with van der Waals surface area (Å²) in [6.07, 6.45) is 5.76. The molecule has 0 bridgehead atoms. The number of ether oxygens (including phenoxy) is 2. The van der Waals surface area contributed by atoms with E-state index in [4.69, 9.17) is 14.6 Å². The second-order valence-corrected chi connectivity index (χ2v) is 10.2. The van der Waals surface area contributed by atoms with E-state index in [2.05, 4.69) is 25.9 Å². The second kappa shape index (κ2) is 13.2. The van der Waals surface area contributed by atoms with Gasteiger partial charge in [-0.15, -0.1) is 10.2 Å². The first-order valence-corrected chi connectivity index (χ1v) is 14.0. The summed E-state index contributed by atoms with van der Waals surface area (Å²) in [6.45, 7) is 0. The standard InChI is InChI=1S/C30H35N7O4/c1-40-26-13-8-14-27(41-2)29(26)24-19-23(34-37(24)21-11-6-7-12-21)30(39)31-22(16-15-20-9-4-3-5-10-20)25(38)17-18-28-32-35-36-33-28/h3-5,8-10,13-14,19,21-22H,6-7,11-12,15-18H2,1-2H3,(H,31,39)(H,32,33,35,36)/t22-/m0/s1. The molecule has 0 spiro atoms. The van der Waals surface area contributed by atoms with Gasteiger partial charge in [-0.2, -0.15) is 10.3 Å². The minimum absolute atomic E-state index is 0.0964. The van der Waals surface area contributed by atoms with Crippen LogP contribution in [0.4, 0.5) is 0 Å². The van der Waals surface area contributed by atoms with Gasteiger partial charge in [0.2, 0.25) is 0 Å². The molecule has 1 amide bonds. The summed E-state index contributed by atoms with van der Waals surface area (Å²) in [7, 11) is 3.22. The van der Waals surface area contributed by atoms with Crippen LogP contribution in [0.15, 0.2) is 54.6 Å². The van der Waals surface area contributed by atoms with E-state index in [1.54, 1.807) is 20.3 Å². The normalized spacial score (nSPS) is 14.1. The van der Waals surface area contributed by atoms with Crippen molar-refractivity contribution < 1.29 is 19.1 Å². The van der Waals surface area contributed by atoms with Crippen molar-refractivity contribution in [1.29, 1.82) is 0 Å². The lowest BCUT2D eigenvalue weighted by molar-refractivity contribution is -0.121. The van der Waals surface area contributed by atoms with Crippen LogP contribution in [0.2, 0.25) is 0 Å².